The van der Waals surface area contributed by atoms with Crippen molar-refractivity contribution in [2.45, 2.75) is 38.6 Å². The summed E-state index contributed by atoms with van der Waals surface area (Å²) in [7, 11) is 0. The molecule has 0 N–H and O–H groups in total. The maximum atomic E-state index is 4.34. The highest BCUT2D eigenvalue weighted by Gasteiger charge is 2.09. The van der Waals surface area contributed by atoms with Gasteiger partial charge in [0.1, 0.15) is 0 Å². The standard InChI is InChI=1S/C9H15BrN2/c1-4-9-8(5-10)6-11-12(9)7(2)3/h6-7H,4-5H2,1-3H3. The van der Waals surface area contributed by atoms with E-state index in [2.05, 4.69) is 46.5 Å². The Balaban J connectivity index is 3.05. The van der Waals surface area contributed by atoms with E-state index in [9.17, 15) is 0 Å². The van der Waals surface area contributed by atoms with Gasteiger partial charge in [-0.15, -0.1) is 0 Å². The van der Waals surface area contributed by atoms with Crippen molar-refractivity contribution in [1.82, 2.24) is 9.78 Å². The molecule has 1 heterocycles. The first kappa shape index (κ1) is 9.78. The molecule has 0 aliphatic carbocycles. The Labute approximate surface area is 82.1 Å². The summed E-state index contributed by atoms with van der Waals surface area (Å²) in [6, 6.07) is 0.466. The molecule has 0 amide bonds. The lowest BCUT2D eigenvalue weighted by atomic mass is 10.2. The fourth-order valence-corrected chi connectivity index (χ4v) is 1.84. The van der Waals surface area contributed by atoms with Crippen molar-refractivity contribution in [3.05, 3.63) is 17.5 Å². The molecule has 2 nitrogen and oxygen atoms in total. The van der Waals surface area contributed by atoms with Gasteiger partial charge in [-0.05, 0) is 20.3 Å². The molecule has 1 aromatic heterocycles. The minimum atomic E-state index is 0.466. The Morgan fingerprint density at radius 1 is 1.58 bits per heavy atom. The van der Waals surface area contributed by atoms with Crippen LogP contribution in [0.5, 0.6) is 0 Å². The van der Waals surface area contributed by atoms with E-state index in [4.69, 9.17) is 0 Å². The molecule has 0 aliphatic heterocycles. The number of rotatable bonds is 3. The van der Waals surface area contributed by atoms with Crippen LogP contribution in [0.4, 0.5) is 0 Å². The van der Waals surface area contributed by atoms with Gasteiger partial charge in [0, 0.05) is 22.6 Å². The Kier molecular flexibility index (Phi) is 3.32. The van der Waals surface area contributed by atoms with E-state index >= 15 is 0 Å². The van der Waals surface area contributed by atoms with Crippen LogP contribution in [-0.4, -0.2) is 9.78 Å². The molecule has 0 fully saturated rings. The molecule has 0 saturated carbocycles. The number of aromatic nitrogens is 2. The van der Waals surface area contributed by atoms with E-state index < -0.39 is 0 Å². The van der Waals surface area contributed by atoms with E-state index in [1.807, 2.05) is 6.20 Å². The van der Waals surface area contributed by atoms with Crippen LogP contribution in [0, 0.1) is 0 Å². The van der Waals surface area contributed by atoms with Gasteiger partial charge in [0.05, 0.1) is 6.20 Å². The van der Waals surface area contributed by atoms with Crippen LogP contribution in [0.2, 0.25) is 0 Å². The highest BCUT2D eigenvalue weighted by molar-refractivity contribution is 9.08. The van der Waals surface area contributed by atoms with Gasteiger partial charge in [-0.25, -0.2) is 0 Å². The van der Waals surface area contributed by atoms with Gasteiger partial charge in [0.15, 0.2) is 0 Å². The van der Waals surface area contributed by atoms with Crippen molar-refractivity contribution < 1.29 is 0 Å². The molecule has 0 aromatic carbocycles. The number of alkyl halides is 1. The molecule has 12 heavy (non-hydrogen) atoms. The van der Waals surface area contributed by atoms with Gasteiger partial charge >= 0.3 is 0 Å². The molecule has 0 aliphatic rings. The molecule has 0 bridgehead atoms. The van der Waals surface area contributed by atoms with Crippen molar-refractivity contribution in [2.24, 2.45) is 0 Å². The summed E-state index contributed by atoms with van der Waals surface area (Å²) < 4.78 is 2.09. The van der Waals surface area contributed by atoms with Gasteiger partial charge in [0.25, 0.3) is 0 Å². The largest absolute Gasteiger partial charge is 0.267 e. The molecular weight excluding hydrogens is 216 g/mol. The average molecular weight is 231 g/mol. The Bertz CT molecular complexity index is 253. The lowest BCUT2D eigenvalue weighted by Crippen LogP contribution is -2.07. The summed E-state index contributed by atoms with van der Waals surface area (Å²) in [5.41, 5.74) is 2.66. The first-order valence-corrected chi connectivity index (χ1v) is 5.44. The molecule has 0 spiro atoms. The summed E-state index contributed by atoms with van der Waals surface area (Å²) >= 11 is 3.46. The van der Waals surface area contributed by atoms with Crippen molar-refractivity contribution in [1.29, 1.82) is 0 Å². The van der Waals surface area contributed by atoms with Crippen LogP contribution >= 0.6 is 15.9 Å². The zero-order valence-corrected chi connectivity index (χ0v) is 9.43. The molecule has 0 saturated heterocycles. The zero-order chi connectivity index (χ0) is 9.14. The van der Waals surface area contributed by atoms with Gasteiger partial charge in [-0.3, -0.25) is 4.68 Å². The number of halogens is 1. The van der Waals surface area contributed by atoms with Crippen molar-refractivity contribution in [2.75, 3.05) is 0 Å². The van der Waals surface area contributed by atoms with Crippen LogP contribution in [0.3, 0.4) is 0 Å². The Morgan fingerprint density at radius 3 is 2.67 bits per heavy atom. The summed E-state index contributed by atoms with van der Waals surface area (Å²) in [4.78, 5) is 0. The monoisotopic (exact) mass is 230 g/mol. The summed E-state index contributed by atoms with van der Waals surface area (Å²) in [5.74, 6) is 0. The SMILES string of the molecule is CCc1c(CBr)cnn1C(C)C. The van der Waals surface area contributed by atoms with Gasteiger partial charge in [-0.1, -0.05) is 22.9 Å². The third-order valence-corrected chi connectivity index (χ3v) is 2.56. The Hall–Kier alpha value is -0.310. The van der Waals surface area contributed by atoms with Crippen molar-refractivity contribution in [3.8, 4) is 0 Å². The number of hydrogen-bond acceptors (Lipinski definition) is 1. The number of hydrogen-bond donors (Lipinski definition) is 0. The highest BCUT2D eigenvalue weighted by Crippen LogP contribution is 2.16. The van der Waals surface area contributed by atoms with E-state index in [1.54, 1.807) is 0 Å². The summed E-state index contributed by atoms with van der Waals surface area (Å²) in [6.45, 7) is 6.48. The molecular formula is C9H15BrN2. The van der Waals surface area contributed by atoms with E-state index in [0.717, 1.165) is 11.8 Å². The molecule has 68 valence electrons. The van der Waals surface area contributed by atoms with E-state index in [-0.39, 0.29) is 0 Å². The van der Waals surface area contributed by atoms with E-state index in [1.165, 1.54) is 11.3 Å². The second kappa shape index (κ2) is 4.08. The molecule has 1 rings (SSSR count). The fourth-order valence-electron chi connectivity index (χ4n) is 1.37. The zero-order valence-electron chi connectivity index (χ0n) is 7.84. The first-order chi connectivity index (χ1) is 5.70. The van der Waals surface area contributed by atoms with Crippen LogP contribution in [-0.2, 0) is 11.8 Å². The van der Waals surface area contributed by atoms with Crippen molar-refractivity contribution in [3.63, 3.8) is 0 Å². The molecule has 3 heteroatoms. The second-order valence-corrected chi connectivity index (χ2v) is 3.70. The minimum Gasteiger partial charge on any atom is -0.267 e. The quantitative estimate of drug-likeness (QED) is 0.731. The van der Waals surface area contributed by atoms with Crippen LogP contribution in [0.1, 0.15) is 38.1 Å². The van der Waals surface area contributed by atoms with Crippen LogP contribution in [0.25, 0.3) is 0 Å². The summed E-state index contributed by atoms with van der Waals surface area (Å²) in [6.07, 6.45) is 3.01. The molecule has 0 radical (unpaired) electrons. The molecule has 1 aromatic rings. The smallest absolute Gasteiger partial charge is 0.0533 e. The lowest BCUT2D eigenvalue weighted by molar-refractivity contribution is 0.511. The van der Waals surface area contributed by atoms with Crippen LogP contribution in [0.15, 0.2) is 6.20 Å². The normalized spacial score (nSPS) is 11.1. The average Bonchev–Trinajstić information content (AvgIpc) is 2.46. The third-order valence-electron chi connectivity index (χ3n) is 1.95. The van der Waals surface area contributed by atoms with Gasteiger partial charge < -0.3 is 0 Å². The number of nitrogens with zero attached hydrogens (tertiary/aromatic N) is 2. The van der Waals surface area contributed by atoms with Crippen LogP contribution < -0.4 is 0 Å². The predicted molar refractivity (Wildman–Crippen MR) is 54.6 cm³/mol. The minimum absolute atomic E-state index is 0.466. The molecule has 0 unspecified atom stereocenters. The highest BCUT2D eigenvalue weighted by atomic mass is 79.9. The predicted octanol–water partition coefficient (Wildman–Crippen LogP) is 2.92. The lowest BCUT2D eigenvalue weighted by Gasteiger charge is -2.10. The van der Waals surface area contributed by atoms with Gasteiger partial charge in [0.2, 0.25) is 0 Å². The topological polar surface area (TPSA) is 17.8 Å². The maximum absolute atomic E-state index is 4.34. The first-order valence-electron chi connectivity index (χ1n) is 4.31. The van der Waals surface area contributed by atoms with Crippen molar-refractivity contribution >= 4 is 15.9 Å². The summed E-state index contributed by atoms with van der Waals surface area (Å²) in [5, 5.41) is 5.25. The maximum Gasteiger partial charge on any atom is 0.0533 e. The molecule has 0 atom stereocenters. The Morgan fingerprint density at radius 2 is 2.25 bits per heavy atom. The van der Waals surface area contributed by atoms with Gasteiger partial charge in [-0.2, -0.15) is 5.10 Å². The second-order valence-electron chi connectivity index (χ2n) is 3.14. The fraction of sp³-hybridized carbons (Fsp3) is 0.667. The third kappa shape index (κ3) is 1.71. The van der Waals surface area contributed by atoms with E-state index in [0.29, 0.717) is 6.04 Å².